The molecule has 1 aliphatic carbocycles. The molecule has 0 saturated carbocycles. The lowest BCUT2D eigenvalue weighted by molar-refractivity contribution is -0.123. The molecule has 1 amide bonds. The number of rotatable bonds is 6. The van der Waals surface area contributed by atoms with Crippen LogP contribution in [0, 0.1) is 0 Å². The van der Waals surface area contributed by atoms with Gasteiger partial charge >= 0.3 is 0 Å². The summed E-state index contributed by atoms with van der Waals surface area (Å²) >= 11 is 0. The topological polar surface area (TPSA) is 50.8 Å². The average molecular weight is 318 g/mol. The van der Waals surface area contributed by atoms with E-state index < -0.39 is 0 Å². The van der Waals surface area contributed by atoms with Gasteiger partial charge < -0.3 is 14.8 Å². The van der Waals surface area contributed by atoms with Gasteiger partial charge in [-0.15, -0.1) is 0 Å². The largest absolute Gasteiger partial charge is 0.483 e. The number of morpholine rings is 1. The Balaban J connectivity index is 1.40. The van der Waals surface area contributed by atoms with Crippen LogP contribution in [0.1, 0.15) is 24.0 Å². The number of ether oxygens (including phenoxy) is 2. The Morgan fingerprint density at radius 1 is 1.22 bits per heavy atom. The molecule has 2 aliphatic rings. The first-order chi connectivity index (χ1) is 11.3. The predicted molar refractivity (Wildman–Crippen MR) is 88.8 cm³/mol. The normalized spacial score (nSPS) is 18.3. The van der Waals surface area contributed by atoms with E-state index in [1.165, 1.54) is 24.0 Å². The highest BCUT2D eigenvalue weighted by Gasteiger charge is 2.15. The summed E-state index contributed by atoms with van der Waals surface area (Å²) in [6, 6.07) is 6.17. The first-order valence-electron chi connectivity index (χ1n) is 8.63. The van der Waals surface area contributed by atoms with Crippen molar-refractivity contribution in [3.05, 3.63) is 29.3 Å². The Morgan fingerprint density at radius 2 is 2.04 bits per heavy atom. The van der Waals surface area contributed by atoms with Gasteiger partial charge in [0.15, 0.2) is 6.61 Å². The fourth-order valence-electron chi connectivity index (χ4n) is 3.25. The van der Waals surface area contributed by atoms with Crippen LogP contribution in [0.3, 0.4) is 0 Å². The fourth-order valence-corrected chi connectivity index (χ4v) is 3.25. The van der Waals surface area contributed by atoms with Crippen LogP contribution in [-0.2, 0) is 22.4 Å². The first-order valence-corrected chi connectivity index (χ1v) is 8.63. The van der Waals surface area contributed by atoms with Gasteiger partial charge in [0.05, 0.1) is 13.2 Å². The van der Waals surface area contributed by atoms with Crippen molar-refractivity contribution in [2.24, 2.45) is 0 Å². The van der Waals surface area contributed by atoms with Crippen LogP contribution in [0.2, 0.25) is 0 Å². The first kappa shape index (κ1) is 16.3. The number of aryl methyl sites for hydroxylation is 1. The lowest BCUT2D eigenvalue weighted by Crippen LogP contribution is -2.42. The number of carbonyl (C=O) groups is 1. The Hall–Kier alpha value is -1.59. The van der Waals surface area contributed by atoms with Gasteiger partial charge in [0.2, 0.25) is 0 Å². The van der Waals surface area contributed by atoms with Gasteiger partial charge in [0.1, 0.15) is 5.75 Å². The van der Waals surface area contributed by atoms with Gasteiger partial charge in [0, 0.05) is 26.2 Å². The summed E-state index contributed by atoms with van der Waals surface area (Å²) in [6.45, 7) is 5.10. The number of nitrogens with zero attached hydrogens (tertiary/aromatic N) is 1. The van der Waals surface area contributed by atoms with Crippen molar-refractivity contribution in [3.63, 3.8) is 0 Å². The maximum Gasteiger partial charge on any atom is 0.257 e. The van der Waals surface area contributed by atoms with E-state index in [1.54, 1.807) is 0 Å². The third-order valence-electron chi connectivity index (χ3n) is 4.57. The fraction of sp³-hybridized carbons (Fsp3) is 0.611. The summed E-state index contributed by atoms with van der Waals surface area (Å²) in [5, 5.41) is 2.93. The minimum absolute atomic E-state index is 0.0494. The van der Waals surface area contributed by atoms with Crippen LogP contribution in [0.25, 0.3) is 0 Å². The molecular formula is C18H26N2O3. The van der Waals surface area contributed by atoms with Crippen LogP contribution < -0.4 is 10.1 Å². The van der Waals surface area contributed by atoms with E-state index >= 15 is 0 Å². The van der Waals surface area contributed by atoms with Crippen LogP contribution in [0.4, 0.5) is 0 Å². The Kier molecular flexibility index (Phi) is 5.88. The molecule has 1 aliphatic heterocycles. The summed E-state index contributed by atoms with van der Waals surface area (Å²) in [7, 11) is 0. The second kappa shape index (κ2) is 8.31. The monoisotopic (exact) mass is 318 g/mol. The lowest BCUT2D eigenvalue weighted by atomic mass is 9.91. The third-order valence-corrected chi connectivity index (χ3v) is 4.57. The molecule has 1 heterocycles. The minimum atomic E-state index is -0.0494. The highest BCUT2D eigenvalue weighted by atomic mass is 16.5. The van der Waals surface area contributed by atoms with Gasteiger partial charge in [-0.05, 0) is 42.9 Å². The van der Waals surface area contributed by atoms with Crippen molar-refractivity contribution < 1.29 is 14.3 Å². The summed E-state index contributed by atoms with van der Waals surface area (Å²) < 4.78 is 11.1. The molecule has 3 rings (SSSR count). The van der Waals surface area contributed by atoms with Crippen LogP contribution in [0.15, 0.2) is 18.2 Å². The third kappa shape index (κ3) is 4.69. The minimum Gasteiger partial charge on any atom is -0.483 e. The van der Waals surface area contributed by atoms with Gasteiger partial charge in [-0.3, -0.25) is 9.69 Å². The van der Waals surface area contributed by atoms with E-state index in [2.05, 4.69) is 16.3 Å². The molecule has 23 heavy (non-hydrogen) atoms. The van der Waals surface area contributed by atoms with E-state index in [4.69, 9.17) is 9.47 Å². The molecule has 0 aromatic heterocycles. The number of fused-ring (bicyclic) bond motifs is 1. The molecule has 1 aromatic carbocycles. The SMILES string of the molecule is O=C(COc1cccc2c1CCCC2)NCCN1CCOCC1. The molecule has 1 aromatic rings. The molecular weight excluding hydrogens is 292 g/mol. The Morgan fingerprint density at radius 3 is 2.91 bits per heavy atom. The van der Waals surface area contributed by atoms with Crippen molar-refractivity contribution in [3.8, 4) is 5.75 Å². The molecule has 5 nitrogen and oxygen atoms in total. The van der Waals surface area contributed by atoms with Crippen molar-refractivity contribution in [2.75, 3.05) is 46.0 Å². The summed E-state index contributed by atoms with van der Waals surface area (Å²) in [4.78, 5) is 14.3. The molecule has 0 unspecified atom stereocenters. The molecule has 126 valence electrons. The smallest absolute Gasteiger partial charge is 0.257 e. The second-order valence-electron chi connectivity index (χ2n) is 6.19. The highest BCUT2D eigenvalue weighted by Crippen LogP contribution is 2.29. The number of hydrogen-bond donors (Lipinski definition) is 1. The average Bonchev–Trinajstić information content (AvgIpc) is 2.61. The zero-order chi connectivity index (χ0) is 15.9. The molecule has 0 radical (unpaired) electrons. The van der Waals surface area contributed by atoms with Crippen molar-refractivity contribution in [1.82, 2.24) is 10.2 Å². The number of nitrogens with one attached hydrogen (secondary N) is 1. The van der Waals surface area contributed by atoms with Crippen LogP contribution >= 0.6 is 0 Å². The number of hydrogen-bond acceptors (Lipinski definition) is 4. The van der Waals surface area contributed by atoms with Crippen molar-refractivity contribution in [1.29, 1.82) is 0 Å². The quantitative estimate of drug-likeness (QED) is 0.861. The van der Waals surface area contributed by atoms with Crippen molar-refractivity contribution >= 4 is 5.91 Å². The summed E-state index contributed by atoms with van der Waals surface area (Å²) in [6.07, 6.45) is 4.64. The molecule has 0 spiro atoms. The Bertz CT molecular complexity index is 527. The predicted octanol–water partition coefficient (Wildman–Crippen LogP) is 1.39. The molecule has 1 saturated heterocycles. The lowest BCUT2D eigenvalue weighted by Gasteiger charge is -2.26. The number of benzene rings is 1. The van der Waals surface area contributed by atoms with Gasteiger partial charge in [-0.2, -0.15) is 0 Å². The van der Waals surface area contributed by atoms with E-state index in [1.807, 2.05) is 12.1 Å². The Labute approximate surface area is 137 Å². The highest BCUT2D eigenvalue weighted by molar-refractivity contribution is 5.77. The maximum absolute atomic E-state index is 11.9. The summed E-state index contributed by atoms with van der Waals surface area (Å²) in [5.74, 6) is 0.831. The number of carbonyl (C=O) groups excluding carboxylic acids is 1. The van der Waals surface area contributed by atoms with Gasteiger partial charge in [0.25, 0.3) is 5.91 Å². The molecule has 1 N–H and O–H groups in total. The van der Waals surface area contributed by atoms with E-state index in [0.717, 1.165) is 51.4 Å². The summed E-state index contributed by atoms with van der Waals surface area (Å²) in [5.41, 5.74) is 2.67. The maximum atomic E-state index is 11.9. The van der Waals surface area contributed by atoms with Crippen LogP contribution in [-0.4, -0.2) is 56.8 Å². The molecule has 1 fully saturated rings. The van der Waals surface area contributed by atoms with E-state index in [0.29, 0.717) is 6.54 Å². The molecule has 0 atom stereocenters. The van der Waals surface area contributed by atoms with Gasteiger partial charge in [-0.25, -0.2) is 0 Å². The van der Waals surface area contributed by atoms with E-state index in [9.17, 15) is 4.79 Å². The molecule has 5 heteroatoms. The second-order valence-corrected chi connectivity index (χ2v) is 6.19. The number of amides is 1. The van der Waals surface area contributed by atoms with E-state index in [-0.39, 0.29) is 12.5 Å². The van der Waals surface area contributed by atoms with Crippen molar-refractivity contribution in [2.45, 2.75) is 25.7 Å². The zero-order valence-electron chi connectivity index (χ0n) is 13.7. The van der Waals surface area contributed by atoms with Crippen LogP contribution in [0.5, 0.6) is 5.75 Å². The zero-order valence-corrected chi connectivity index (χ0v) is 13.7. The molecule has 0 bridgehead atoms. The van der Waals surface area contributed by atoms with Gasteiger partial charge in [-0.1, -0.05) is 12.1 Å². The standard InChI is InChI=1S/C18H26N2O3/c21-18(19-8-9-20-10-12-22-13-11-20)14-23-17-7-3-5-15-4-1-2-6-16(15)17/h3,5,7H,1-2,4,6,8-14H2,(H,19,21).